The van der Waals surface area contributed by atoms with E-state index in [1.54, 1.807) is 17.7 Å². The van der Waals surface area contributed by atoms with Crippen molar-refractivity contribution in [3.8, 4) is 0 Å². The number of hydrogen-bond acceptors (Lipinski definition) is 7. The van der Waals surface area contributed by atoms with E-state index in [1.807, 2.05) is 23.6 Å². The molecule has 2 aromatic heterocycles. The van der Waals surface area contributed by atoms with Crippen LogP contribution in [0.25, 0.3) is 0 Å². The number of rotatable bonds is 6. The number of thioether (sulfide) groups is 1. The number of carbonyl (C=O) groups is 1. The summed E-state index contributed by atoms with van der Waals surface area (Å²) in [6.07, 6.45) is 1.92. The smallest absolute Gasteiger partial charge is 0.230 e. The summed E-state index contributed by atoms with van der Waals surface area (Å²) in [5, 5.41) is 5.74. The Morgan fingerprint density at radius 2 is 2.20 bits per heavy atom. The molecule has 0 saturated carbocycles. The molecule has 6 nitrogen and oxygen atoms in total. The van der Waals surface area contributed by atoms with Crippen LogP contribution in [0.1, 0.15) is 18.7 Å². The summed E-state index contributed by atoms with van der Waals surface area (Å²) in [6, 6.07) is 5.94. The Balaban J connectivity index is 1.52. The molecule has 1 aliphatic rings. The molecule has 2 atom stereocenters. The van der Waals surface area contributed by atoms with Gasteiger partial charge in [-0.3, -0.25) is 4.79 Å². The van der Waals surface area contributed by atoms with Gasteiger partial charge in [0.2, 0.25) is 5.91 Å². The van der Waals surface area contributed by atoms with E-state index in [0.717, 1.165) is 28.8 Å². The van der Waals surface area contributed by atoms with Gasteiger partial charge in [-0.15, -0.1) is 11.3 Å². The zero-order valence-electron chi connectivity index (χ0n) is 14.3. The molecule has 8 heteroatoms. The Hall–Kier alpha value is -1.64. The van der Waals surface area contributed by atoms with Crippen molar-refractivity contribution >= 4 is 34.8 Å². The molecule has 25 heavy (non-hydrogen) atoms. The number of morpholine rings is 1. The summed E-state index contributed by atoms with van der Waals surface area (Å²) in [5.74, 6) is 1.24. The van der Waals surface area contributed by atoms with E-state index in [0.29, 0.717) is 12.3 Å². The number of carbonyl (C=O) groups excluding carboxylic acids is 1. The van der Waals surface area contributed by atoms with Crippen molar-refractivity contribution in [3.05, 3.63) is 34.8 Å². The Labute approximate surface area is 156 Å². The molecule has 1 saturated heterocycles. The predicted molar refractivity (Wildman–Crippen MR) is 101 cm³/mol. The van der Waals surface area contributed by atoms with E-state index in [1.165, 1.54) is 11.8 Å². The molecular weight excluding hydrogens is 356 g/mol. The number of ether oxygens (including phenoxy) is 1. The fourth-order valence-corrected chi connectivity index (χ4v) is 4.07. The van der Waals surface area contributed by atoms with Gasteiger partial charge in [0.15, 0.2) is 0 Å². The zero-order chi connectivity index (χ0) is 17.6. The van der Waals surface area contributed by atoms with Crippen LogP contribution in [0.15, 0.2) is 34.9 Å². The Kier molecular flexibility index (Phi) is 6.28. The van der Waals surface area contributed by atoms with Crippen molar-refractivity contribution < 1.29 is 9.53 Å². The standard InChI is InChI=1S/C17H22N4O2S2/c1-12-8-21(9-13(2)23-12)15-6-17(20-11-19-15)25-10-16(22)18-7-14-4-3-5-24-14/h3-6,11-13H,7-10H2,1-2H3,(H,18,22). The van der Waals surface area contributed by atoms with Gasteiger partial charge >= 0.3 is 0 Å². The van der Waals surface area contributed by atoms with Crippen molar-refractivity contribution in [2.24, 2.45) is 0 Å². The third-order valence-electron chi connectivity index (χ3n) is 3.76. The van der Waals surface area contributed by atoms with Crippen LogP contribution < -0.4 is 10.2 Å². The van der Waals surface area contributed by atoms with Gasteiger partial charge in [-0.25, -0.2) is 9.97 Å². The lowest BCUT2D eigenvalue weighted by Crippen LogP contribution is -2.45. The van der Waals surface area contributed by atoms with E-state index >= 15 is 0 Å². The highest BCUT2D eigenvalue weighted by Gasteiger charge is 2.23. The maximum Gasteiger partial charge on any atom is 0.230 e. The van der Waals surface area contributed by atoms with Crippen LogP contribution >= 0.6 is 23.1 Å². The lowest BCUT2D eigenvalue weighted by Gasteiger charge is -2.36. The minimum atomic E-state index is 0.00665. The predicted octanol–water partition coefficient (Wildman–Crippen LogP) is 2.56. The number of hydrogen-bond donors (Lipinski definition) is 1. The van der Waals surface area contributed by atoms with Crippen molar-refractivity contribution in [2.45, 2.75) is 37.6 Å². The van der Waals surface area contributed by atoms with Gasteiger partial charge < -0.3 is 15.0 Å². The van der Waals surface area contributed by atoms with Crippen molar-refractivity contribution in [1.29, 1.82) is 0 Å². The van der Waals surface area contributed by atoms with Crippen LogP contribution in [0.3, 0.4) is 0 Å². The first-order chi connectivity index (χ1) is 12.1. The largest absolute Gasteiger partial charge is 0.372 e. The lowest BCUT2D eigenvalue weighted by atomic mass is 10.2. The Bertz CT molecular complexity index is 686. The first kappa shape index (κ1) is 18.2. The minimum absolute atomic E-state index is 0.00665. The SMILES string of the molecule is CC1CN(c2cc(SCC(=O)NCc3cccs3)ncn2)CC(C)O1. The monoisotopic (exact) mass is 378 g/mol. The molecule has 1 N–H and O–H groups in total. The Morgan fingerprint density at radius 1 is 1.40 bits per heavy atom. The minimum Gasteiger partial charge on any atom is -0.372 e. The van der Waals surface area contributed by atoms with E-state index in [9.17, 15) is 4.79 Å². The van der Waals surface area contributed by atoms with Gasteiger partial charge in [-0.1, -0.05) is 17.8 Å². The highest BCUT2D eigenvalue weighted by atomic mass is 32.2. The number of amides is 1. The second kappa shape index (κ2) is 8.64. The quantitative estimate of drug-likeness (QED) is 0.616. The normalized spacial score (nSPS) is 20.5. The van der Waals surface area contributed by atoms with Crippen LogP contribution in [0.5, 0.6) is 0 Å². The van der Waals surface area contributed by atoms with Crippen molar-refractivity contribution in [1.82, 2.24) is 15.3 Å². The van der Waals surface area contributed by atoms with E-state index in [4.69, 9.17) is 4.74 Å². The number of anilines is 1. The molecule has 1 amide bonds. The molecule has 3 rings (SSSR count). The van der Waals surface area contributed by atoms with E-state index in [-0.39, 0.29) is 18.1 Å². The fraction of sp³-hybridized carbons (Fsp3) is 0.471. The average molecular weight is 379 g/mol. The van der Waals surface area contributed by atoms with Gasteiger partial charge in [0.1, 0.15) is 17.2 Å². The first-order valence-electron chi connectivity index (χ1n) is 8.24. The van der Waals surface area contributed by atoms with E-state index < -0.39 is 0 Å². The third kappa shape index (κ3) is 5.42. The number of thiophene rings is 1. The summed E-state index contributed by atoms with van der Waals surface area (Å²) in [6.45, 7) is 6.34. The molecule has 1 aliphatic heterocycles. The molecule has 0 radical (unpaired) electrons. The third-order valence-corrected chi connectivity index (χ3v) is 5.56. The van der Waals surface area contributed by atoms with Gasteiger partial charge in [0.05, 0.1) is 24.5 Å². The van der Waals surface area contributed by atoms with Crippen LogP contribution in [-0.2, 0) is 16.1 Å². The highest BCUT2D eigenvalue weighted by Crippen LogP contribution is 2.22. The summed E-state index contributed by atoms with van der Waals surface area (Å²) in [4.78, 5) is 24.0. The number of aromatic nitrogens is 2. The van der Waals surface area contributed by atoms with Crippen LogP contribution in [0, 0.1) is 0 Å². The van der Waals surface area contributed by atoms with Crippen LogP contribution in [0.2, 0.25) is 0 Å². The second-order valence-electron chi connectivity index (χ2n) is 6.02. The Morgan fingerprint density at radius 3 is 2.92 bits per heavy atom. The molecular formula is C17H22N4O2S2. The van der Waals surface area contributed by atoms with Crippen molar-refractivity contribution in [3.63, 3.8) is 0 Å². The maximum atomic E-state index is 12.0. The summed E-state index contributed by atoms with van der Waals surface area (Å²) in [7, 11) is 0. The average Bonchev–Trinajstić information content (AvgIpc) is 3.11. The van der Waals surface area contributed by atoms with Gasteiger partial charge in [0.25, 0.3) is 0 Å². The fourth-order valence-electron chi connectivity index (χ4n) is 2.74. The zero-order valence-corrected chi connectivity index (χ0v) is 16.0. The molecule has 1 fully saturated rings. The molecule has 0 aromatic carbocycles. The first-order valence-corrected chi connectivity index (χ1v) is 10.1. The molecule has 0 spiro atoms. The van der Waals surface area contributed by atoms with Crippen molar-refractivity contribution in [2.75, 3.05) is 23.7 Å². The summed E-state index contributed by atoms with van der Waals surface area (Å²) >= 11 is 3.07. The lowest BCUT2D eigenvalue weighted by molar-refractivity contribution is -0.118. The molecule has 2 unspecified atom stereocenters. The number of nitrogens with one attached hydrogen (secondary N) is 1. The van der Waals surface area contributed by atoms with Gasteiger partial charge in [-0.05, 0) is 25.3 Å². The topological polar surface area (TPSA) is 67.4 Å². The molecule has 0 aliphatic carbocycles. The molecule has 2 aromatic rings. The van der Waals surface area contributed by atoms with Gasteiger partial charge in [0, 0.05) is 24.0 Å². The molecule has 134 valence electrons. The second-order valence-corrected chi connectivity index (χ2v) is 8.05. The van der Waals surface area contributed by atoms with Gasteiger partial charge in [-0.2, -0.15) is 0 Å². The summed E-state index contributed by atoms with van der Waals surface area (Å²) < 4.78 is 5.76. The van der Waals surface area contributed by atoms with Crippen LogP contribution in [-0.4, -0.2) is 46.9 Å². The van der Waals surface area contributed by atoms with E-state index in [2.05, 4.69) is 34.0 Å². The van der Waals surface area contributed by atoms with Crippen LogP contribution in [0.4, 0.5) is 5.82 Å². The summed E-state index contributed by atoms with van der Waals surface area (Å²) in [5.41, 5.74) is 0. The number of nitrogens with zero attached hydrogens (tertiary/aromatic N) is 3. The molecule has 0 bridgehead atoms. The maximum absolute atomic E-state index is 12.0. The highest BCUT2D eigenvalue weighted by molar-refractivity contribution is 7.99. The molecule has 3 heterocycles.